The smallest absolute Gasteiger partial charge is 0.262 e. The highest BCUT2D eigenvalue weighted by Gasteiger charge is 2.44. The number of anilines is 1. The summed E-state index contributed by atoms with van der Waals surface area (Å²) in [6, 6.07) is 5.04. The number of hydrogen-bond donors (Lipinski definition) is 2. The minimum absolute atomic E-state index is 0.116. The summed E-state index contributed by atoms with van der Waals surface area (Å²) in [4.78, 5) is 52.8. The number of nitrogens with one attached hydrogen (secondary N) is 2. The van der Waals surface area contributed by atoms with Crippen molar-refractivity contribution in [1.82, 2.24) is 15.5 Å². The lowest BCUT2D eigenvalue weighted by atomic mass is 10.00. The van der Waals surface area contributed by atoms with Gasteiger partial charge in [-0.1, -0.05) is 19.3 Å². The first-order valence-electron chi connectivity index (χ1n) is 10.7. The molecule has 1 aromatic carbocycles. The molecule has 0 bridgehead atoms. The average molecular weight is 412 g/mol. The molecule has 0 spiro atoms. The number of imide groups is 2. The molecule has 4 rings (SSSR count). The first-order chi connectivity index (χ1) is 14.4. The van der Waals surface area contributed by atoms with Crippen LogP contribution in [0, 0.1) is 0 Å². The van der Waals surface area contributed by atoms with Gasteiger partial charge >= 0.3 is 0 Å². The molecule has 2 heterocycles. The molecule has 160 valence electrons. The summed E-state index contributed by atoms with van der Waals surface area (Å²) in [6.07, 6.45) is 6.04. The van der Waals surface area contributed by atoms with Gasteiger partial charge in [-0.2, -0.15) is 0 Å². The van der Waals surface area contributed by atoms with Crippen LogP contribution in [0.4, 0.5) is 5.69 Å². The highest BCUT2D eigenvalue weighted by atomic mass is 16.2. The number of carbonyl (C=O) groups excluding carboxylic acids is 4. The standard InChI is InChI=1S/C22H28N4O4/c1-23-16-6-4-3-5-7-17(16)25(2)13-8-9-14-15(12-13)22(30)26(21(14)29)18-10-11-19(27)24-20(18)28/h8-9,12,16-18,23H,3-7,10-11H2,1-2H3,(H,24,27,28)/t16-,17+,18?/m1/s1. The number of amides is 4. The minimum Gasteiger partial charge on any atom is -0.370 e. The van der Waals surface area contributed by atoms with Crippen molar-refractivity contribution in [3.05, 3.63) is 29.3 Å². The molecule has 1 unspecified atom stereocenters. The van der Waals surface area contributed by atoms with Gasteiger partial charge in [0.2, 0.25) is 11.8 Å². The minimum atomic E-state index is -0.938. The van der Waals surface area contributed by atoms with Crippen LogP contribution in [-0.2, 0) is 9.59 Å². The molecular weight excluding hydrogens is 384 g/mol. The molecule has 2 aliphatic heterocycles. The van der Waals surface area contributed by atoms with Gasteiger partial charge in [-0.15, -0.1) is 0 Å². The van der Waals surface area contributed by atoms with Crippen LogP contribution in [0.15, 0.2) is 18.2 Å². The van der Waals surface area contributed by atoms with Crippen molar-refractivity contribution < 1.29 is 19.2 Å². The van der Waals surface area contributed by atoms with E-state index in [1.807, 2.05) is 20.2 Å². The third-order valence-electron chi connectivity index (χ3n) is 6.68. The van der Waals surface area contributed by atoms with Crippen molar-refractivity contribution in [2.45, 2.75) is 63.1 Å². The monoisotopic (exact) mass is 412 g/mol. The highest BCUT2D eigenvalue weighted by Crippen LogP contribution is 2.32. The summed E-state index contributed by atoms with van der Waals surface area (Å²) in [5, 5.41) is 5.65. The van der Waals surface area contributed by atoms with Gasteiger partial charge in [0, 0.05) is 31.2 Å². The van der Waals surface area contributed by atoms with Crippen molar-refractivity contribution in [1.29, 1.82) is 0 Å². The van der Waals surface area contributed by atoms with Gasteiger partial charge in [0.15, 0.2) is 0 Å². The van der Waals surface area contributed by atoms with E-state index in [1.54, 1.807) is 12.1 Å². The third-order valence-corrected chi connectivity index (χ3v) is 6.68. The summed E-state index contributed by atoms with van der Waals surface area (Å²) < 4.78 is 0. The Morgan fingerprint density at radius 2 is 1.73 bits per heavy atom. The van der Waals surface area contributed by atoms with Gasteiger partial charge in [0.05, 0.1) is 11.1 Å². The number of rotatable bonds is 4. The van der Waals surface area contributed by atoms with Gasteiger partial charge in [-0.3, -0.25) is 29.4 Å². The maximum atomic E-state index is 13.1. The summed E-state index contributed by atoms with van der Waals surface area (Å²) in [6.45, 7) is 0. The highest BCUT2D eigenvalue weighted by molar-refractivity contribution is 6.23. The first-order valence-corrected chi connectivity index (χ1v) is 10.7. The van der Waals surface area contributed by atoms with Crippen LogP contribution in [0.25, 0.3) is 0 Å². The SMILES string of the molecule is CN[C@@H]1CCCCC[C@@H]1N(C)c1ccc2c(c1)C(=O)N(C1CCC(=O)NC1=O)C2=O. The molecule has 1 aliphatic carbocycles. The predicted octanol–water partition coefficient (Wildman–Crippen LogP) is 1.44. The molecule has 0 aromatic heterocycles. The molecular formula is C22H28N4O4. The molecule has 2 N–H and O–H groups in total. The maximum absolute atomic E-state index is 13.1. The van der Waals surface area contributed by atoms with E-state index in [2.05, 4.69) is 15.5 Å². The van der Waals surface area contributed by atoms with E-state index in [-0.39, 0.29) is 18.7 Å². The largest absolute Gasteiger partial charge is 0.370 e. The Balaban J connectivity index is 1.60. The Morgan fingerprint density at radius 3 is 2.47 bits per heavy atom. The van der Waals surface area contributed by atoms with E-state index in [0.29, 0.717) is 23.2 Å². The molecule has 1 saturated carbocycles. The van der Waals surface area contributed by atoms with Crippen LogP contribution < -0.4 is 15.5 Å². The van der Waals surface area contributed by atoms with Crippen molar-refractivity contribution >= 4 is 29.3 Å². The zero-order valence-electron chi connectivity index (χ0n) is 17.4. The summed E-state index contributed by atoms with van der Waals surface area (Å²) in [5.41, 5.74) is 1.52. The van der Waals surface area contributed by atoms with Crippen LogP contribution >= 0.6 is 0 Å². The van der Waals surface area contributed by atoms with Crippen LogP contribution in [0.3, 0.4) is 0 Å². The Bertz CT molecular complexity index is 899. The summed E-state index contributed by atoms with van der Waals surface area (Å²) >= 11 is 0. The van der Waals surface area contributed by atoms with E-state index in [0.717, 1.165) is 23.4 Å². The number of carbonyl (C=O) groups is 4. The molecule has 3 aliphatic rings. The van der Waals surface area contributed by atoms with Gasteiger partial charge in [-0.25, -0.2) is 0 Å². The number of hydrogen-bond acceptors (Lipinski definition) is 6. The van der Waals surface area contributed by atoms with E-state index in [1.165, 1.54) is 19.3 Å². The van der Waals surface area contributed by atoms with Crippen LogP contribution in [0.5, 0.6) is 0 Å². The van der Waals surface area contributed by atoms with Crippen molar-refractivity contribution in [2.24, 2.45) is 0 Å². The van der Waals surface area contributed by atoms with Crippen molar-refractivity contribution in [2.75, 3.05) is 19.0 Å². The van der Waals surface area contributed by atoms with Gasteiger partial charge in [0.1, 0.15) is 6.04 Å². The van der Waals surface area contributed by atoms with Gasteiger partial charge in [0.25, 0.3) is 11.8 Å². The molecule has 1 aromatic rings. The molecule has 1 saturated heterocycles. The Labute approximate surface area is 176 Å². The quantitative estimate of drug-likeness (QED) is 0.574. The number of likely N-dealkylation sites (N-methyl/N-ethyl adjacent to an activating group) is 2. The molecule has 3 atom stereocenters. The lowest BCUT2D eigenvalue weighted by molar-refractivity contribution is -0.136. The van der Waals surface area contributed by atoms with Gasteiger partial charge in [-0.05, 0) is 44.5 Å². The summed E-state index contributed by atoms with van der Waals surface area (Å²) in [5.74, 6) is -1.90. The fourth-order valence-corrected chi connectivity index (χ4v) is 4.96. The molecule has 30 heavy (non-hydrogen) atoms. The molecule has 0 radical (unpaired) electrons. The Hall–Kier alpha value is -2.74. The maximum Gasteiger partial charge on any atom is 0.262 e. The molecule has 8 heteroatoms. The Kier molecular flexibility index (Phi) is 5.60. The first kappa shape index (κ1) is 20.5. The van der Waals surface area contributed by atoms with E-state index >= 15 is 0 Å². The lowest BCUT2D eigenvalue weighted by Gasteiger charge is -2.35. The number of fused-ring (bicyclic) bond motifs is 1. The normalized spacial score (nSPS) is 27.0. The zero-order chi connectivity index (χ0) is 21.4. The second-order valence-corrected chi connectivity index (χ2v) is 8.39. The fourth-order valence-electron chi connectivity index (χ4n) is 4.96. The second-order valence-electron chi connectivity index (χ2n) is 8.39. The average Bonchev–Trinajstić information content (AvgIpc) is 2.90. The van der Waals surface area contributed by atoms with E-state index in [4.69, 9.17) is 0 Å². The Morgan fingerprint density at radius 1 is 1.00 bits per heavy atom. The van der Waals surface area contributed by atoms with Crippen LogP contribution in [0.1, 0.15) is 65.7 Å². The van der Waals surface area contributed by atoms with E-state index in [9.17, 15) is 19.2 Å². The zero-order valence-corrected chi connectivity index (χ0v) is 17.4. The summed E-state index contributed by atoms with van der Waals surface area (Å²) in [7, 11) is 4.01. The van der Waals surface area contributed by atoms with Crippen LogP contribution in [-0.4, -0.2) is 60.7 Å². The second kappa shape index (κ2) is 8.18. The van der Waals surface area contributed by atoms with Crippen molar-refractivity contribution in [3.63, 3.8) is 0 Å². The van der Waals surface area contributed by atoms with Gasteiger partial charge < -0.3 is 10.2 Å². The molecule has 2 fully saturated rings. The number of benzene rings is 1. The number of piperidine rings is 1. The van der Waals surface area contributed by atoms with Crippen LogP contribution in [0.2, 0.25) is 0 Å². The van der Waals surface area contributed by atoms with E-state index < -0.39 is 23.8 Å². The number of nitrogens with zero attached hydrogens (tertiary/aromatic N) is 2. The molecule has 4 amide bonds. The molecule has 8 nitrogen and oxygen atoms in total. The van der Waals surface area contributed by atoms with Crippen molar-refractivity contribution in [3.8, 4) is 0 Å². The third kappa shape index (κ3) is 3.49. The fraction of sp³-hybridized carbons (Fsp3) is 0.545. The predicted molar refractivity (Wildman–Crippen MR) is 111 cm³/mol. The topological polar surface area (TPSA) is 98.8 Å². The lowest BCUT2D eigenvalue weighted by Crippen LogP contribution is -2.54.